The molecule has 0 aliphatic heterocycles. The SMILES string of the molecule is CCCCCCCCCCCCCCCCO[Si](C)(C)OCC(CC)CC. The number of hydrogen-bond donors (Lipinski definition) is 0. The molecule has 0 amide bonds. The molecule has 0 aromatic carbocycles. The smallest absolute Gasteiger partial charge is 0.331 e. The maximum Gasteiger partial charge on any atom is 0.331 e. The highest BCUT2D eigenvalue weighted by Crippen LogP contribution is 2.15. The third-order valence-corrected chi connectivity index (χ3v) is 7.53. The van der Waals surface area contributed by atoms with E-state index >= 15 is 0 Å². The summed E-state index contributed by atoms with van der Waals surface area (Å²) in [5.74, 6) is 0.696. The molecule has 0 spiro atoms. The lowest BCUT2D eigenvalue weighted by Crippen LogP contribution is -2.36. The molecule has 0 unspecified atom stereocenters. The lowest BCUT2D eigenvalue weighted by atomic mass is 10.0. The van der Waals surface area contributed by atoms with Crippen molar-refractivity contribution in [3.8, 4) is 0 Å². The summed E-state index contributed by atoms with van der Waals surface area (Å²) in [6, 6.07) is 0. The summed E-state index contributed by atoms with van der Waals surface area (Å²) >= 11 is 0. The number of unbranched alkanes of at least 4 members (excludes halogenated alkanes) is 13. The Kier molecular flexibility index (Phi) is 19.6. The Balaban J connectivity index is 3.32. The molecule has 0 fully saturated rings. The summed E-state index contributed by atoms with van der Waals surface area (Å²) in [5, 5.41) is 0. The second kappa shape index (κ2) is 19.5. The first-order valence-electron chi connectivity index (χ1n) is 12.3. The number of hydrogen-bond acceptors (Lipinski definition) is 2. The Hall–Kier alpha value is 0.137. The van der Waals surface area contributed by atoms with E-state index in [4.69, 9.17) is 8.85 Å². The minimum Gasteiger partial charge on any atom is -0.395 e. The zero-order chi connectivity index (χ0) is 20.2. The molecule has 2 nitrogen and oxygen atoms in total. The van der Waals surface area contributed by atoms with Crippen LogP contribution in [-0.2, 0) is 8.85 Å². The van der Waals surface area contributed by atoms with Gasteiger partial charge in [-0.1, -0.05) is 117 Å². The van der Waals surface area contributed by atoms with Gasteiger partial charge in [-0.15, -0.1) is 0 Å². The van der Waals surface area contributed by atoms with Crippen LogP contribution in [0.3, 0.4) is 0 Å². The Morgan fingerprint density at radius 2 is 0.963 bits per heavy atom. The first kappa shape index (κ1) is 27.1. The molecule has 0 heterocycles. The van der Waals surface area contributed by atoms with Crippen molar-refractivity contribution in [3.05, 3.63) is 0 Å². The first-order valence-corrected chi connectivity index (χ1v) is 15.1. The van der Waals surface area contributed by atoms with Crippen LogP contribution in [0.25, 0.3) is 0 Å². The highest BCUT2D eigenvalue weighted by molar-refractivity contribution is 6.64. The molecule has 0 saturated heterocycles. The fourth-order valence-electron chi connectivity index (χ4n) is 3.50. The molecular weight excluding hydrogens is 348 g/mol. The standard InChI is InChI=1S/C24H52O2Si/c1-6-9-10-11-12-13-14-15-16-17-18-19-20-21-22-25-27(4,5)26-23-24(7-2)8-3/h24H,6-23H2,1-5H3. The quantitative estimate of drug-likeness (QED) is 0.142. The van der Waals surface area contributed by atoms with Gasteiger partial charge in [0.25, 0.3) is 0 Å². The Bertz CT molecular complexity index is 290. The largest absolute Gasteiger partial charge is 0.395 e. The van der Waals surface area contributed by atoms with Crippen LogP contribution in [0.15, 0.2) is 0 Å². The summed E-state index contributed by atoms with van der Waals surface area (Å²) in [5.41, 5.74) is 0. The first-order chi connectivity index (χ1) is 13.1. The molecule has 0 aliphatic rings. The normalized spacial score (nSPS) is 12.2. The van der Waals surface area contributed by atoms with E-state index in [0.717, 1.165) is 13.2 Å². The van der Waals surface area contributed by atoms with E-state index in [0.29, 0.717) is 5.92 Å². The highest BCUT2D eigenvalue weighted by atomic mass is 28.4. The Morgan fingerprint density at radius 1 is 0.556 bits per heavy atom. The van der Waals surface area contributed by atoms with Gasteiger partial charge in [0.1, 0.15) is 0 Å². The Morgan fingerprint density at radius 3 is 1.37 bits per heavy atom. The van der Waals surface area contributed by atoms with Gasteiger partial charge in [-0.3, -0.25) is 0 Å². The van der Waals surface area contributed by atoms with Gasteiger partial charge in [-0.25, -0.2) is 0 Å². The van der Waals surface area contributed by atoms with Crippen LogP contribution in [0, 0.1) is 5.92 Å². The van der Waals surface area contributed by atoms with E-state index in [1.807, 2.05) is 0 Å². The molecule has 27 heavy (non-hydrogen) atoms. The van der Waals surface area contributed by atoms with E-state index in [1.54, 1.807) is 0 Å². The van der Waals surface area contributed by atoms with Gasteiger partial charge in [0.15, 0.2) is 0 Å². The van der Waals surface area contributed by atoms with Gasteiger partial charge >= 0.3 is 8.56 Å². The molecule has 0 rings (SSSR count). The fourth-order valence-corrected chi connectivity index (χ4v) is 4.86. The predicted octanol–water partition coefficient (Wildman–Crippen LogP) is 8.64. The van der Waals surface area contributed by atoms with Gasteiger partial charge in [-0.2, -0.15) is 0 Å². The minimum absolute atomic E-state index is 0.696. The summed E-state index contributed by atoms with van der Waals surface area (Å²) < 4.78 is 12.2. The van der Waals surface area contributed by atoms with Crippen molar-refractivity contribution in [2.24, 2.45) is 5.92 Å². The van der Waals surface area contributed by atoms with Crippen LogP contribution >= 0.6 is 0 Å². The van der Waals surface area contributed by atoms with E-state index in [1.165, 1.54) is 103 Å². The number of rotatable bonds is 21. The highest BCUT2D eigenvalue weighted by Gasteiger charge is 2.25. The third kappa shape index (κ3) is 19.2. The van der Waals surface area contributed by atoms with E-state index in [2.05, 4.69) is 33.9 Å². The van der Waals surface area contributed by atoms with Gasteiger partial charge in [0, 0.05) is 13.2 Å². The van der Waals surface area contributed by atoms with E-state index < -0.39 is 8.56 Å². The average Bonchev–Trinajstić information content (AvgIpc) is 2.65. The molecule has 0 bridgehead atoms. The van der Waals surface area contributed by atoms with Crippen LogP contribution < -0.4 is 0 Å². The van der Waals surface area contributed by atoms with Crippen molar-refractivity contribution in [2.45, 2.75) is 137 Å². The third-order valence-electron chi connectivity index (χ3n) is 5.77. The van der Waals surface area contributed by atoms with Crippen molar-refractivity contribution in [1.82, 2.24) is 0 Å². The maximum atomic E-state index is 6.11. The molecular formula is C24H52O2Si. The minimum atomic E-state index is -1.90. The van der Waals surface area contributed by atoms with Crippen molar-refractivity contribution in [2.75, 3.05) is 13.2 Å². The Labute approximate surface area is 173 Å². The van der Waals surface area contributed by atoms with Crippen molar-refractivity contribution < 1.29 is 8.85 Å². The zero-order valence-electron chi connectivity index (χ0n) is 19.6. The van der Waals surface area contributed by atoms with E-state index in [-0.39, 0.29) is 0 Å². The summed E-state index contributed by atoms with van der Waals surface area (Å²) in [4.78, 5) is 0. The molecule has 0 aliphatic carbocycles. The monoisotopic (exact) mass is 400 g/mol. The van der Waals surface area contributed by atoms with Crippen LogP contribution in [0.5, 0.6) is 0 Å². The van der Waals surface area contributed by atoms with Crippen molar-refractivity contribution in [3.63, 3.8) is 0 Å². The zero-order valence-corrected chi connectivity index (χ0v) is 20.6. The second-order valence-electron chi connectivity index (χ2n) is 8.84. The summed E-state index contributed by atoms with van der Waals surface area (Å²) in [6.07, 6.45) is 22.1. The summed E-state index contributed by atoms with van der Waals surface area (Å²) in [6.45, 7) is 13.0. The summed E-state index contributed by atoms with van der Waals surface area (Å²) in [7, 11) is -1.90. The van der Waals surface area contributed by atoms with Gasteiger partial charge in [0.05, 0.1) is 0 Å². The lowest BCUT2D eigenvalue weighted by molar-refractivity contribution is 0.148. The van der Waals surface area contributed by atoms with Crippen molar-refractivity contribution in [1.29, 1.82) is 0 Å². The van der Waals surface area contributed by atoms with Gasteiger partial charge < -0.3 is 8.85 Å². The predicted molar refractivity (Wildman–Crippen MR) is 124 cm³/mol. The molecule has 164 valence electrons. The average molecular weight is 401 g/mol. The molecule has 0 aromatic heterocycles. The van der Waals surface area contributed by atoms with Gasteiger partial charge in [0.2, 0.25) is 0 Å². The molecule has 0 radical (unpaired) electrons. The van der Waals surface area contributed by atoms with Gasteiger partial charge in [-0.05, 0) is 25.4 Å². The lowest BCUT2D eigenvalue weighted by Gasteiger charge is -2.25. The van der Waals surface area contributed by atoms with Crippen LogP contribution in [0.4, 0.5) is 0 Å². The molecule has 3 heteroatoms. The maximum absolute atomic E-state index is 6.11. The van der Waals surface area contributed by atoms with Crippen LogP contribution in [-0.4, -0.2) is 21.8 Å². The molecule has 0 atom stereocenters. The molecule has 0 N–H and O–H groups in total. The second-order valence-corrected chi connectivity index (χ2v) is 12.2. The van der Waals surface area contributed by atoms with Crippen LogP contribution in [0.1, 0.15) is 124 Å². The molecule has 0 saturated carbocycles. The van der Waals surface area contributed by atoms with E-state index in [9.17, 15) is 0 Å². The topological polar surface area (TPSA) is 18.5 Å². The fraction of sp³-hybridized carbons (Fsp3) is 1.00. The van der Waals surface area contributed by atoms with Crippen LogP contribution in [0.2, 0.25) is 13.1 Å². The molecule has 0 aromatic rings. The van der Waals surface area contributed by atoms with Crippen molar-refractivity contribution >= 4 is 8.56 Å².